The Balaban J connectivity index is 2.96. The van der Waals surface area contributed by atoms with Crippen LogP contribution in [-0.2, 0) is 0 Å². The van der Waals surface area contributed by atoms with E-state index in [4.69, 9.17) is 5.11 Å². The third kappa shape index (κ3) is 3.64. The topological polar surface area (TPSA) is 40.5 Å². The predicted molar refractivity (Wildman–Crippen MR) is 67.3 cm³/mol. The number of halogens is 2. The van der Waals surface area contributed by atoms with E-state index in [9.17, 15) is 9.18 Å². The largest absolute Gasteiger partial charge is 0.395 e. The van der Waals surface area contributed by atoms with Crippen molar-refractivity contribution in [2.45, 2.75) is 0 Å². The van der Waals surface area contributed by atoms with Crippen LogP contribution in [0.4, 0.5) is 4.39 Å². The van der Waals surface area contributed by atoms with E-state index < -0.39 is 5.82 Å². The van der Waals surface area contributed by atoms with Gasteiger partial charge in [0.25, 0.3) is 5.91 Å². The van der Waals surface area contributed by atoms with Crippen molar-refractivity contribution in [2.75, 3.05) is 19.7 Å². The summed E-state index contributed by atoms with van der Waals surface area (Å²) in [6.45, 7) is 3.97. The van der Waals surface area contributed by atoms with Crippen LogP contribution in [0.5, 0.6) is 0 Å². The Morgan fingerprint density at radius 3 is 2.82 bits per heavy atom. The Labute approximate surface area is 108 Å². The van der Waals surface area contributed by atoms with Crippen molar-refractivity contribution in [3.05, 3.63) is 46.7 Å². The summed E-state index contributed by atoms with van der Waals surface area (Å²) in [5.74, 6) is -0.684. The summed E-state index contributed by atoms with van der Waals surface area (Å²) in [7, 11) is 0. The molecule has 0 heterocycles. The summed E-state index contributed by atoms with van der Waals surface area (Å²) in [6.07, 6.45) is 1.57. The van der Waals surface area contributed by atoms with Crippen LogP contribution < -0.4 is 0 Å². The maximum Gasteiger partial charge on any atom is 0.255 e. The number of aliphatic hydroxyl groups is 1. The molecule has 17 heavy (non-hydrogen) atoms. The summed E-state index contributed by atoms with van der Waals surface area (Å²) in [5.41, 5.74) is 0.363. The zero-order valence-electron chi connectivity index (χ0n) is 9.20. The minimum Gasteiger partial charge on any atom is -0.395 e. The molecule has 1 rings (SSSR count). The zero-order valence-corrected chi connectivity index (χ0v) is 10.8. The van der Waals surface area contributed by atoms with Crippen molar-refractivity contribution in [1.29, 1.82) is 0 Å². The molecule has 0 saturated carbocycles. The molecule has 1 amide bonds. The van der Waals surface area contributed by atoms with Crippen molar-refractivity contribution in [1.82, 2.24) is 4.90 Å². The number of hydrogen-bond acceptors (Lipinski definition) is 2. The normalized spacial score (nSPS) is 10.1. The van der Waals surface area contributed by atoms with Gasteiger partial charge in [-0.2, -0.15) is 0 Å². The Bertz CT molecular complexity index is 423. The van der Waals surface area contributed by atoms with Crippen molar-refractivity contribution in [2.24, 2.45) is 0 Å². The van der Waals surface area contributed by atoms with Crippen molar-refractivity contribution >= 4 is 21.8 Å². The van der Waals surface area contributed by atoms with Gasteiger partial charge in [0.15, 0.2) is 0 Å². The first-order chi connectivity index (χ1) is 8.10. The standard InChI is InChI=1S/C12H13BrFNO2/c1-2-5-15(6-7-16)12(17)10-4-3-9(14)8-11(10)13/h2-4,8,16H,1,5-7H2. The predicted octanol–water partition coefficient (Wildman–Crippen LogP) is 2.21. The van der Waals surface area contributed by atoms with Gasteiger partial charge in [-0.15, -0.1) is 6.58 Å². The van der Waals surface area contributed by atoms with Crippen LogP contribution in [-0.4, -0.2) is 35.6 Å². The van der Waals surface area contributed by atoms with Crippen LogP contribution in [0.3, 0.4) is 0 Å². The third-order valence-electron chi connectivity index (χ3n) is 2.17. The number of rotatable bonds is 5. The van der Waals surface area contributed by atoms with Crippen molar-refractivity contribution in [3.8, 4) is 0 Å². The summed E-state index contributed by atoms with van der Waals surface area (Å²) in [6, 6.07) is 3.87. The van der Waals surface area contributed by atoms with Crippen LogP contribution in [0.2, 0.25) is 0 Å². The average Bonchev–Trinajstić information content (AvgIpc) is 2.28. The van der Waals surface area contributed by atoms with Gasteiger partial charge in [0.1, 0.15) is 5.82 Å². The third-order valence-corrected chi connectivity index (χ3v) is 2.82. The second-order valence-corrected chi connectivity index (χ2v) is 4.24. The van der Waals surface area contributed by atoms with E-state index in [-0.39, 0.29) is 19.1 Å². The molecular formula is C12H13BrFNO2. The Hall–Kier alpha value is -1.20. The van der Waals surface area contributed by atoms with E-state index in [1.54, 1.807) is 6.08 Å². The number of hydrogen-bond donors (Lipinski definition) is 1. The minimum absolute atomic E-state index is 0.127. The molecule has 3 nitrogen and oxygen atoms in total. The van der Waals surface area contributed by atoms with E-state index in [0.29, 0.717) is 16.6 Å². The van der Waals surface area contributed by atoms with Gasteiger partial charge in [-0.3, -0.25) is 4.79 Å². The van der Waals surface area contributed by atoms with E-state index in [1.807, 2.05) is 0 Å². The molecule has 0 unspecified atom stereocenters. The number of amides is 1. The molecule has 92 valence electrons. The highest BCUT2D eigenvalue weighted by molar-refractivity contribution is 9.10. The van der Waals surface area contributed by atoms with Crippen LogP contribution in [0.15, 0.2) is 35.3 Å². The molecule has 0 aliphatic rings. The first-order valence-corrected chi connectivity index (χ1v) is 5.85. The maximum atomic E-state index is 12.9. The molecule has 0 aromatic heterocycles. The van der Waals surface area contributed by atoms with E-state index in [0.717, 1.165) is 0 Å². The minimum atomic E-state index is -0.411. The lowest BCUT2D eigenvalue weighted by atomic mass is 10.2. The molecule has 0 atom stereocenters. The highest BCUT2D eigenvalue weighted by Crippen LogP contribution is 2.19. The number of carbonyl (C=O) groups is 1. The van der Waals surface area contributed by atoms with Crippen LogP contribution in [0.25, 0.3) is 0 Å². The summed E-state index contributed by atoms with van der Waals surface area (Å²) in [4.78, 5) is 13.5. The lowest BCUT2D eigenvalue weighted by Gasteiger charge is -2.20. The molecule has 0 aliphatic carbocycles. The molecule has 0 fully saturated rings. The Morgan fingerprint density at radius 2 is 2.29 bits per heavy atom. The van der Waals surface area contributed by atoms with Gasteiger partial charge in [-0.25, -0.2) is 4.39 Å². The van der Waals surface area contributed by atoms with Gasteiger partial charge >= 0.3 is 0 Å². The molecule has 1 N–H and O–H groups in total. The van der Waals surface area contributed by atoms with Gasteiger partial charge in [0, 0.05) is 17.6 Å². The average molecular weight is 302 g/mol. The fraction of sp³-hybridized carbons (Fsp3) is 0.250. The maximum absolute atomic E-state index is 12.9. The fourth-order valence-corrected chi connectivity index (χ4v) is 1.91. The Morgan fingerprint density at radius 1 is 1.59 bits per heavy atom. The second kappa shape index (κ2) is 6.51. The van der Waals surface area contributed by atoms with Crippen LogP contribution >= 0.6 is 15.9 Å². The molecule has 0 bridgehead atoms. The highest BCUT2D eigenvalue weighted by atomic mass is 79.9. The molecule has 0 saturated heterocycles. The Kier molecular flexibility index (Phi) is 5.31. The summed E-state index contributed by atoms with van der Waals surface area (Å²) in [5, 5.41) is 8.87. The fourth-order valence-electron chi connectivity index (χ4n) is 1.39. The smallest absolute Gasteiger partial charge is 0.255 e. The molecule has 1 aromatic carbocycles. The van der Waals surface area contributed by atoms with Gasteiger partial charge in [0.05, 0.1) is 12.2 Å². The van der Waals surface area contributed by atoms with Crippen molar-refractivity contribution in [3.63, 3.8) is 0 Å². The summed E-state index contributed by atoms with van der Waals surface area (Å²) < 4.78 is 13.3. The van der Waals surface area contributed by atoms with Gasteiger partial charge < -0.3 is 10.0 Å². The second-order valence-electron chi connectivity index (χ2n) is 3.39. The molecule has 5 heteroatoms. The van der Waals surface area contributed by atoms with Crippen LogP contribution in [0.1, 0.15) is 10.4 Å². The van der Waals surface area contributed by atoms with Gasteiger partial charge in [-0.05, 0) is 34.1 Å². The van der Waals surface area contributed by atoms with Crippen molar-refractivity contribution < 1.29 is 14.3 Å². The summed E-state index contributed by atoms with van der Waals surface area (Å²) >= 11 is 3.14. The highest BCUT2D eigenvalue weighted by Gasteiger charge is 2.17. The molecule has 0 aliphatic heterocycles. The molecule has 0 radical (unpaired) electrons. The number of carbonyl (C=O) groups excluding carboxylic acids is 1. The number of nitrogens with zero attached hydrogens (tertiary/aromatic N) is 1. The molecular weight excluding hydrogens is 289 g/mol. The molecule has 0 spiro atoms. The lowest BCUT2D eigenvalue weighted by molar-refractivity contribution is 0.0742. The lowest BCUT2D eigenvalue weighted by Crippen LogP contribution is -2.33. The number of benzene rings is 1. The van der Waals surface area contributed by atoms with Crippen LogP contribution in [0, 0.1) is 5.82 Å². The first kappa shape index (κ1) is 13.9. The number of aliphatic hydroxyl groups excluding tert-OH is 1. The SMILES string of the molecule is C=CCN(CCO)C(=O)c1ccc(F)cc1Br. The first-order valence-electron chi connectivity index (χ1n) is 5.06. The van der Waals surface area contributed by atoms with Gasteiger partial charge in [0.2, 0.25) is 0 Å². The van der Waals surface area contributed by atoms with E-state index in [1.165, 1.54) is 23.1 Å². The van der Waals surface area contributed by atoms with E-state index in [2.05, 4.69) is 22.5 Å². The molecule has 1 aromatic rings. The van der Waals surface area contributed by atoms with E-state index >= 15 is 0 Å². The monoisotopic (exact) mass is 301 g/mol. The zero-order chi connectivity index (χ0) is 12.8. The quantitative estimate of drug-likeness (QED) is 0.847. The van der Waals surface area contributed by atoms with Gasteiger partial charge in [-0.1, -0.05) is 6.08 Å².